The van der Waals surface area contributed by atoms with Gasteiger partial charge in [0.1, 0.15) is 17.5 Å². The Morgan fingerprint density at radius 3 is 3.05 bits per heavy atom. The molecule has 1 atom stereocenters. The Morgan fingerprint density at radius 2 is 2.36 bits per heavy atom. The van der Waals surface area contributed by atoms with Crippen LogP contribution in [0.1, 0.15) is 12.1 Å². The number of nitrogens with zero attached hydrogens (tertiary/aromatic N) is 5. The number of methoxy groups -OCH3 is 1. The number of ether oxygens (including phenoxy) is 1. The van der Waals surface area contributed by atoms with Gasteiger partial charge < -0.3 is 15.6 Å². The summed E-state index contributed by atoms with van der Waals surface area (Å²) in [5.74, 6) is 0.379. The van der Waals surface area contributed by atoms with Gasteiger partial charge in [-0.2, -0.15) is 20.5 Å². The zero-order chi connectivity index (χ0) is 15.5. The van der Waals surface area contributed by atoms with Gasteiger partial charge in [0, 0.05) is 18.4 Å². The number of nitrogens with two attached hydrogens (primary N) is 1. The minimum absolute atomic E-state index is 0.0208. The van der Waals surface area contributed by atoms with Crippen molar-refractivity contribution in [2.24, 2.45) is 0 Å². The average Bonchev–Trinajstić information content (AvgIpc) is 3.16. The van der Waals surface area contributed by atoms with Crippen molar-refractivity contribution >= 4 is 11.3 Å². The van der Waals surface area contributed by atoms with Crippen molar-refractivity contribution in [2.45, 2.75) is 18.9 Å². The molecule has 3 rings (SSSR count). The summed E-state index contributed by atoms with van der Waals surface area (Å²) >= 11 is 0. The lowest BCUT2D eigenvalue weighted by molar-refractivity contribution is 0.0433. The largest absolute Gasteiger partial charge is 0.394 e. The molecule has 0 unspecified atom stereocenters. The van der Waals surface area contributed by atoms with Gasteiger partial charge in [-0.3, -0.25) is 0 Å². The van der Waals surface area contributed by atoms with Crippen LogP contribution in [0.25, 0.3) is 16.8 Å². The normalized spacial score (nSPS) is 12.8. The van der Waals surface area contributed by atoms with E-state index in [2.05, 4.69) is 25.5 Å². The summed E-state index contributed by atoms with van der Waals surface area (Å²) < 4.78 is 6.94. The van der Waals surface area contributed by atoms with Crippen LogP contribution >= 0.6 is 0 Å². The Kier molecular flexibility index (Phi) is 3.98. The first kappa shape index (κ1) is 14.4. The summed E-state index contributed by atoms with van der Waals surface area (Å²) in [5.41, 5.74) is 9.13. The van der Waals surface area contributed by atoms with Gasteiger partial charge in [-0.25, -0.2) is 9.50 Å². The van der Waals surface area contributed by atoms with Crippen molar-refractivity contribution in [3.63, 3.8) is 0 Å². The highest BCUT2D eigenvalue weighted by Gasteiger charge is 2.17. The van der Waals surface area contributed by atoms with Gasteiger partial charge in [-0.15, -0.1) is 0 Å². The van der Waals surface area contributed by atoms with E-state index in [1.165, 1.54) is 6.33 Å². The number of aromatic nitrogens is 6. The van der Waals surface area contributed by atoms with E-state index in [9.17, 15) is 5.11 Å². The fraction of sp³-hybridized carbons (Fsp3) is 0.385. The molecule has 116 valence electrons. The zero-order valence-corrected chi connectivity index (χ0v) is 12.1. The molecule has 0 aromatic carbocycles. The summed E-state index contributed by atoms with van der Waals surface area (Å²) in [6.07, 6.45) is 4.17. The van der Waals surface area contributed by atoms with Crippen LogP contribution in [0.15, 0.2) is 18.6 Å². The van der Waals surface area contributed by atoms with Gasteiger partial charge in [-0.05, 0) is 18.9 Å². The Labute approximate surface area is 126 Å². The van der Waals surface area contributed by atoms with Crippen molar-refractivity contribution in [1.82, 2.24) is 30.0 Å². The molecule has 3 aromatic rings. The highest BCUT2D eigenvalue weighted by molar-refractivity contribution is 5.86. The van der Waals surface area contributed by atoms with Crippen molar-refractivity contribution < 1.29 is 9.84 Å². The van der Waals surface area contributed by atoms with Crippen LogP contribution in [-0.4, -0.2) is 54.9 Å². The van der Waals surface area contributed by atoms with E-state index in [1.807, 2.05) is 6.07 Å². The summed E-state index contributed by atoms with van der Waals surface area (Å²) in [6.45, 7) is -0.0208. The summed E-state index contributed by atoms with van der Waals surface area (Å²) in [7, 11) is 1.58. The standard InChI is InChI=1S/C13H17N7O2/c1-22-9(6-21)3-2-8-4-10(11-5-16-19-18-11)12-13(14)15-7-17-20(8)12/h4-5,7,9,21H,2-3,6H2,1H3,(H2,14,15,17)(H,16,18,19)/t9-/m0/s1. The molecule has 9 nitrogen and oxygen atoms in total. The monoisotopic (exact) mass is 303 g/mol. The maximum atomic E-state index is 9.22. The number of hydrogen-bond acceptors (Lipinski definition) is 7. The highest BCUT2D eigenvalue weighted by atomic mass is 16.5. The molecular weight excluding hydrogens is 286 g/mol. The smallest absolute Gasteiger partial charge is 0.152 e. The number of aliphatic hydroxyl groups excluding tert-OH is 1. The van der Waals surface area contributed by atoms with Gasteiger partial charge in [-0.1, -0.05) is 0 Å². The summed E-state index contributed by atoms with van der Waals surface area (Å²) in [4.78, 5) is 4.04. The Balaban J connectivity index is 2.02. The number of nitrogen functional groups attached to an aromatic ring is 1. The number of anilines is 1. The van der Waals surface area contributed by atoms with Crippen LogP contribution < -0.4 is 5.73 Å². The molecular formula is C13H17N7O2. The van der Waals surface area contributed by atoms with Crippen LogP contribution in [0.2, 0.25) is 0 Å². The zero-order valence-electron chi connectivity index (χ0n) is 12.1. The van der Waals surface area contributed by atoms with E-state index in [1.54, 1.807) is 17.8 Å². The second kappa shape index (κ2) is 6.08. The molecule has 0 fully saturated rings. The molecule has 4 N–H and O–H groups in total. The molecule has 0 spiro atoms. The molecule has 0 saturated heterocycles. The fourth-order valence-corrected chi connectivity index (χ4v) is 2.43. The lowest BCUT2D eigenvalue weighted by Crippen LogP contribution is -2.16. The van der Waals surface area contributed by atoms with Gasteiger partial charge >= 0.3 is 0 Å². The molecule has 0 saturated carbocycles. The number of aryl methyl sites for hydroxylation is 1. The van der Waals surface area contributed by atoms with Gasteiger partial charge in [0.25, 0.3) is 0 Å². The topological polar surface area (TPSA) is 127 Å². The number of hydrogen-bond donors (Lipinski definition) is 3. The second-order valence-corrected chi connectivity index (χ2v) is 4.89. The molecule has 3 aromatic heterocycles. The number of aromatic amines is 1. The maximum Gasteiger partial charge on any atom is 0.152 e. The van der Waals surface area contributed by atoms with E-state index in [-0.39, 0.29) is 12.7 Å². The second-order valence-electron chi connectivity index (χ2n) is 4.89. The number of nitrogens with one attached hydrogen (secondary N) is 1. The van der Waals surface area contributed by atoms with Crippen LogP contribution in [0.5, 0.6) is 0 Å². The van der Waals surface area contributed by atoms with E-state index in [0.717, 1.165) is 11.3 Å². The Bertz CT molecular complexity index is 749. The van der Waals surface area contributed by atoms with Crippen LogP contribution in [0.3, 0.4) is 0 Å². The third-order valence-corrected chi connectivity index (χ3v) is 3.61. The number of H-pyrrole nitrogens is 1. The van der Waals surface area contributed by atoms with Crippen LogP contribution in [0.4, 0.5) is 5.82 Å². The quantitative estimate of drug-likeness (QED) is 0.586. The third-order valence-electron chi connectivity index (χ3n) is 3.61. The fourth-order valence-electron chi connectivity index (χ4n) is 2.43. The molecule has 0 amide bonds. The first-order chi connectivity index (χ1) is 10.7. The van der Waals surface area contributed by atoms with Gasteiger partial charge in [0.15, 0.2) is 5.82 Å². The molecule has 22 heavy (non-hydrogen) atoms. The minimum Gasteiger partial charge on any atom is -0.394 e. The predicted molar refractivity (Wildman–Crippen MR) is 79.0 cm³/mol. The summed E-state index contributed by atoms with van der Waals surface area (Å²) in [6, 6.07) is 1.96. The Morgan fingerprint density at radius 1 is 1.50 bits per heavy atom. The van der Waals surface area contributed by atoms with Gasteiger partial charge in [0.2, 0.25) is 0 Å². The molecule has 0 aliphatic heterocycles. The molecule has 0 aliphatic rings. The first-order valence-corrected chi connectivity index (χ1v) is 6.85. The van der Waals surface area contributed by atoms with Crippen LogP contribution in [-0.2, 0) is 11.2 Å². The third kappa shape index (κ3) is 2.51. The van der Waals surface area contributed by atoms with Crippen LogP contribution in [0, 0.1) is 0 Å². The van der Waals surface area contributed by atoms with Crippen molar-refractivity contribution in [1.29, 1.82) is 0 Å². The lowest BCUT2D eigenvalue weighted by atomic mass is 10.1. The SMILES string of the molecule is CO[C@H](CO)CCc1cc(-c2cn[nH]n2)c2c(N)ncnn12. The van der Waals surface area contributed by atoms with Crippen molar-refractivity contribution in [2.75, 3.05) is 19.5 Å². The maximum absolute atomic E-state index is 9.22. The van der Waals surface area contributed by atoms with E-state index in [4.69, 9.17) is 10.5 Å². The number of fused-ring (bicyclic) bond motifs is 1. The highest BCUT2D eigenvalue weighted by Crippen LogP contribution is 2.29. The van der Waals surface area contributed by atoms with E-state index in [0.29, 0.717) is 29.9 Å². The van der Waals surface area contributed by atoms with E-state index >= 15 is 0 Å². The Hall–Kier alpha value is -2.52. The molecule has 0 aliphatic carbocycles. The summed E-state index contributed by atoms with van der Waals surface area (Å²) in [5, 5.41) is 24.0. The minimum atomic E-state index is -0.208. The molecule has 0 radical (unpaired) electrons. The number of rotatable bonds is 6. The van der Waals surface area contributed by atoms with Gasteiger partial charge in [0.05, 0.1) is 18.9 Å². The van der Waals surface area contributed by atoms with Crippen molar-refractivity contribution in [3.8, 4) is 11.3 Å². The average molecular weight is 303 g/mol. The first-order valence-electron chi connectivity index (χ1n) is 6.85. The molecule has 9 heteroatoms. The lowest BCUT2D eigenvalue weighted by Gasteiger charge is -2.11. The molecule has 3 heterocycles. The van der Waals surface area contributed by atoms with Crippen molar-refractivity contribution in [3.05, 3.63) is 24.3 Å². The molecule has 0 bridgehead atoms. The van der Waals surface area contributed by atoms with E-state index < -0.39 is 0 Å². The number of aliphatic hydroxyl groups is 1. The predicted octanol–water partition coefficient (Wildman–Crippen LogP) is 0.0365.